The molecule has 6 nitrogen and oxygen atoms in total. The fourth-order valence-corrected chi connectivity index (χ4v) is 5.43. The second kappa shape index (κ2) is 10.2. The molecular formula is C29H35F2N3O3. The Labute approximate surface area is 216 Å². The van der Waals surface area contributed by atoms with Gasteiger partial charge >= 0.3 is 0 Å². The maximum absolute atomic E-state index is 14.4. The average molecular weight is 512 g/mol. The zero-order chi connectivity index (χ0) is 27.1. The summed E-state index contributed by atoms with van der Waals surface area (Å²) in [5.41, 5.74) is 1.72. The molecule has 3 atom stereocenters. The molecule has 0 radical (unpaired) electrons. The van der Waals surface area contributed by atoms with Crippen LogP contribution in [0.4, 0.5) is 8.78 Å². The Bertz CT molecular complexity index is 1180. The first-order chi connectivity index (χ1) is 17.4. The average Bonchev–Trinajstić information content (AvgIpc) is 3.23. The number of carbonyl (C=O) groups is 3. The number of rotatable bonds is 6. The van der Waals surface area contributed by atoms with Gasteiger partial charge in [0.25, 0.3) is 0 Å². The monoisotopic (exact) mass is 511 g/mol. The van der Waals surface area contributed by atoms with Crippen molar-refractivity contribution in [3.8, 4) is 0 Å². The molecule has 0 spiro atoms. The number of hydrogen-bond donors (Lipinski definition) is 2. The number of carbonyl (C=O) groups excluding carboxylic acids is 3. The molecule has 1 fully saturated rings. The third kappa shape index (κ3) is 5.68. The summed E-state index contributed by atoms with van der Waals surface area (Å²) in [6, 6.07) is 8.05. The third-order valence-electron chi connectivity index (χ3n) is 6.99. The van der Waals surface area contributed by atoms with E-state index in [0.717, 1.165) is 23.3 Å². The van der Waals surface area contributed by atoms with Crippen molar-refractivity contribution in [3.63, 3.8) is 0 Å². The Hall–Kier alpha value is -3.29. The van der Waals surface area contributed by atoms with Gasteiger partial charge in [0.15, 0.2) is 11.6 Å². The smallest absolute Gasteiger partial charge is 0.247 e. The van der Waals surface area contributed by atoms with E-state index in [1.807, 2.05) is 38.1 Å². The standard InChI is InChI=1S/C29H35F2N3O3/c1-16(2)12-23-26(35)32-24(20-13-17-8-6-7-9-18(17)14-20)28(37)34(23)25(27(36)33-29(3,4)5)19-10-11-21(30)22(31)15-19/h6-11,15-16,20,23-25H,12-14H2,1-5H3,(H,32,35)(H,33,36). The number of fused-ring (bicyclic) bond motifs is 1. The third-order valence-corrected chi connectivity index (χ3v) is 6.99. The number of benzene rings is 2. The van der Waals surface area contributed by atoms with E-state index in [1.165, 1.54) is 11.0 Å². The van der Waals surface area contributed by atoms with Crippen LogP contribution in [0.3, 0.4) is 0 Å². The molecule has 2 aromatic carbocycles. The number of piperazine rings is 1. The molecule has 1 saturated heterocycles. The number of halogens is 2. The Balaban J connectivity index is 1.78. The first kappa shape index (κ1) is 26.8. The van der Waals surface area contributed by atoms with Crippen molar-refractivity contribution in [2.24, 2.45) is 11.8 Å². The molecule has 0 saturated carbocycles. The molecule has 3 unspecified atom stereocenters. The van der Waals surface area contributed by atoms with Crippen LogP contribution < -0.4 is 10.6 Å². The van der Waals surface area contributed by atoms with E-state index >= 15 is 0 Å². The highest BCUT2D eigenvalue weighted by atomic mass is 19.2. The number of nitrogens with zero attached hydrogens (tertiary/aromatic N) is 1. The zero-order valence-electron chi connectivity index (χ0n) is 22.0. The molecule has 1 heterocycles. The van der Waals surface area contributed by atoms with Crippen molar-refractivity contribution >= 4 is 17.7 Å². The minimum absolute atomic E-state index is 0.0367. The Kier molecular flexibility index (Phi) is 7.40. The lowest BCUT2D eigenvalue weighted by Crippen LogP contribution is -2.67. The molecule has 1 aliphatic carbocycles. The van der Waals surface area contributed by atoms with Crippen LogP contribution in [0.15, 0.2) is 42.5 Å². The normalized spacial score (nSPS) is 21.1. The Morgan fingerprint density at radius 3 is 2.22 bits per heavy atom. The van der Waals surface area contributed by atoms with Crippen molar-refractivity contribution in [2.75, 3.05) is 0 Å². The Morgan fingerprint density at radius 2 is 1.68 bits per heavy atom. The summed E-state index contributed by atoms with van der Waals surface area (Å²) < 4.78 is 28.2. The summed E-state index contributed by atoms with van der Waals surface area (Å²) in [6.07, 6.45) is 1.57. The van der Waals surface area contributed by atoms with Gasteiger partial charge in [-0.1, -0.05) is 44.2 Å². The molecule has 4 rings (SSSR count). The largest absolute Gasteiger partial charge is 0.349 e. The summed E-state index contributed by atoms with van der Waals surface area (Å²) in [5, 5.41) is 5.82. The zero-order valence-corrected chi connectivity index (χ0v) is 22.0. The van der Waals surface area contributed by atoms with Gasteiger partial charge < -0.3 is 15.5 Å². The predicted molar refractivity (Wildman–Crippen MR) is 136 cm³/mol. The quantitative estimate of drug-likeness (QED) is 0.614. The Morgan fingerprint density at radius 1 is 1.05 bits per heavy atom. The highest BCUT2D eigenvalue weighted by Gasteiger charge is 2.49. The van der Waals surface area contributed by atoms with E-state index in [2.05, 4.69) is 10.6 Å². The molecule has 37 heavy (non-hydrogen) atoms. The molecule has 2 N–H and O–H groups in total. The van der Waals surface area contributed by atoms with E-state index in [4.69, 9.17) is 0 Å². The topological polar surface area (TPSA) is 78.5 Å². The summed E-state index contributed by atoms with van der Waals surface area (Å²) in [6.45, 7) is 9.24. The molecule has 1 aliphatic heterocycles. The molecule has 0 bridgehead atoms. The van der Waals surface area contributed by atoms with Crippen LogP contribution >= 0.6 is 0 Å². The van der Waals surface area contributed by atoms with Crippen molar-refractivity contribution in [2.45, 2.75) is 77.5 Å². The molecule has 2 aliphatic rings. The van der Waals surface area contributed by atoms with Crippen LogP contribution in [0, 0.1) is 23.5 Å². The molecule has 3 amide bonds. The van der Waals surface area contributed by atoms with Gasteiger partial charge in [0.2, 0.25) is 17.7 Å². The summed E-state index contributed by atoms with van der Waals surface area (Å²) in [5.74, 6) is -3.59. The predicted octanol–water partition coefficient (Wildman–Crippen LogP) is 4.08. The lowest BCUT2D eigenvalue weighted by molar-refractivity contribution is -0.158. The van der Waals surface area contributed by atoms with E-state index in [0.29, 0.717) is 19.3 Å². The lowest BCUT2D eigenvalue weighted by Gasteiger charge is -2.45. The van der Waals surface area contributed by atoms with E-state index in [1.54, 1.807) is 20.8 Å². The number of hydrogen-bond acceptors (Lipinski definition) is 3. The van der Waals surface area contributed by atoms with Crippen molar-refractivity contribution in [3.05, 3.63) is 70.8 Å². The van der Waals surface area contributed by atoms with Gasteiger partial charge in [0, 0.05) is 5.54 Å². The van der Waals surface area contributed by atoms with Gasteiger partial charge in [-0.15, -0.1) is 0 Å². The van der Waals surface area contributed by atoms with E-state index in [9.17, 15) is 23.2 Å². The van der Waals surface area contributed by atoms with Crippen molar-refractivity contribution in [1.82, 2.24) is 15.5 Å². The first-order valence-electron chi connectivity index (χ1n) is 12.8. The molecule has 8 heteroatoms. The summed E-state index contributed by atoms with van der Waals surface area (Å²) >= 11 is 0. The minimum atomic E-state index is -1.30. The van der Waals surface area contributed by atoms with Gasteiger partial charge in [-0.25, -0.2) is 8.78 Å². The van der Waals surface area contributed by atoms with Crippen LogP contribution in [0.25, 0.3) is 0 Å². The lowest BCUT2D eigenvalue weighted by atomic mass is 9.87. The van der Waals surface area contributed by atoms with Crippen LogP contribution in [-0.2, 0) is 27.2 Å². The van der Waals surface area contributed by atoms with Crippen molar-refractivity contribution < 1.29 is 23.2 Å². The summed E-state index contributed by atoms with van der Waals surface area (Å²) in [7, 11) is 0. The molecule has 198 valence electrons. The number of nitrogens with one attached hydrogen (secondary N) is 2. The van der Waals surface area contributed by atoms with E-state index < -0.39 is 41.2 Å². The maximum Gasteiger partial charge on any atom is 0.247 e. The molecule has 0 aromatic heterocycles. The maximum atomic E-state index is 14.4. The van der Waals surface area contributed by atoms with Crippen molar-refractivity contribution in [1.29, 1.82) is 0 Å². The van der Waals surface area contributed by atoms with Crippen LogP contribution in [-0.4, -0.2) is 40.2 Å². The first-order valence-corrected chi connectivity index (χ1v) is 12.8. The van der Waals surface area contributed by atoms with Gasteiger partial charge in [-0.05, 0) is 80.7 Å². The fourth-order valence-electron chi connectivity index (χ4n) is 5.43. The minimum Gasteiger partial charge on any atom is -0.349 e. The highest BCUT2D eigenvalue weighted by Crippen LogP contribution is 2.35. The fraction of sp³-hybridized carbons (Fsp3) is 0.483. The number of amides is 3. The van der Waals surface area contributed by atoms with Gasteiger partial charge in [0.05, 0.1) is 0 Å². The molecule has 2 aromatic rings. The molecular weight excluding hydrogens is 476 g/mol. The summed E-state index contributed by atoms with van der Waals surface area (Å²) in [4.78, 5) is 42.7. The van der Waals surface area contributed by atoms with Crippen LogP contribution in [0.5, 0.6) is 0 Å². The van der Waals surface area contributed by atoms with Gasteiger partial charge in [-0.3, -0.25) is 14.4 Å². The van der Waals surface area contributed by atoms with Gasteiger partial charge in [0.1, 0.15) is 18.1 Å². The SMILES string of the molecule is CC(C)CC1C(=O)NC(C2Cc3ccccc3C2)C(=O)N1C(C(=O)NC(C)(C)C)c1ccc(F)c(F)c1. The second-order valence-corrected chi connectivity index (χ2v) is 11.6. The van der Waals surface area contributed by atoms with Crippen LogP contribution in [0.2, 0.25) is 0 Å². The highest BCUT2D eigenvalue weighted by molar-refractivity contribution is 6.00. The van der Waals surface area contributed by atoms with E-state index in [-0.39, 0.29) is 29.2 Å². The second-order valence-electron chi connectivity index (χ2n) is 11.6. The van der Waals surface area contributed by atoms with Gasteiger partial charge in [-0.2, -0.15) is 0 Å². The van der Waals surface area contributed by atoms with Crippen LogP contribution in [0.1, 0.15) is 63.8 Å².